The van der Waals surface area contributed by atoms with Crippen LogP contribution in [0, 0.1) is 5.41 Å². The number of methoxy groups -OCH3 is 1. The van der Waals surface area contributed by atoms with Crippen molar-refractivity contribution >= 4 is 41.3 Å². The lowest BCUT2D eigenvalue weighted by atomic mass is 9.93. The normalized spacial score (nSPS) is 32.1. The summed E-state index contributed by atoms with van der Waals surface area (Å²) in [7, 11) is 1.38. The zero-order valence-electron chi connectivity index (χ0n) is 20.0. The largest absolute Gasteiger partial charge is 0.479 e. The first-order valence-electron chi connectivity index (χ1n) is 10.5. The number of imidazole rings is 1. The number of ether oxygens (including phenoxy) is 3. The molecule has 5 atom stereocenters. The lowest BCUT2D eigenvalue weighted by Gasteiger charge is -2.39. The monoisotopic (exact) mass is 544 g/mol. The Morgan fingerprint density at radius 1 is 1.50 bits per heavy atom. The molecule has 196 valence electrons. The molecule has 3 N–H and O–H groups in total. The quantitative estimate of drug-likeness (QED) is 0.133. The van der Waals surface area contributed by atoms with Crippen molar-refractivity contribution in [1.82, 2.24) is 19.5 Å². The molecule has 2 aliphatic rings. The van der Waals surface area contributed by atoms with E-state index in [1.54, 1.807) is 20.8 Å². The molecular formula is C18H25N8O8PS. The number of nitrogens with zero attached hydrogens (tertiary/aromatic N) is 7. The van der Waals surface area contributed by atoms with E-state index in [0.717, 1.165) is 0 Å². The van der Waals surface area contributed by atoms with Crippen molar-refractivity contribution in [2.24, 2.45) is 10.5 Å². The number of hydrogen-bond donors (Lipinski definition) is 2. The Balaban J connectivity index is 1.65. The van der Waals surface area contributed by atoms with Crippen molar-refractivity contribution in [3.63, 3.8) is 0 Å². The highest BCUT2D eigenvalue weighted by Gasteiger charge is 2.68. The topological polar surface area (TPSA) is 219 Å². The minimum absolute atomic E-state index is 0.0985. The molecule has 2 saturated heterocycles. The number of esters is 1. The van der Waals surface area contributed by atoms with E-state index in [1.807, 2.05) is 0 Å². The minimum Gasteiger partial charge on any atom is -0.479 e. The molecule has 4 rings (SSSR count). The van der Waals surface area contributed by atoms with Gasteiger partial charge < -0.3 is 25.1 Å². The van der Waals surface area contributed by atoms with E-state index in [0.29, 0.717) is 11.4 Å². The Bertz CT molecular complexity index is 1290. The van der Waals surface area contributed by atoms with Crippen molar-refractivity contribution in [1.29, 1.82) is 0 Å². The molecule has 2 aliphatic heterocycles. The first kappa shape index (κ1) is 26.4. The van der Waals surface area contributed by atoms with Gasteiger partial charge in [0.2, 0.25) is 17.6 Å². The van der Waals surface area contributed by atoms with Gasteiger partial charge in [-0.05, 0) is 33.2 Å². The van der Waals surface area contributed by atoms with Crippen LogP contribution in [0.1, 0.15) is 33.9 Å². The smallest absolute Gasteiger partial charge is 0.392 e. The zero-order valence-corrected chi connectivity index (χ0v) is 21.7. The molecule has 4 heterocycles. The number of anilines is 1. The Morgan fingerprint density at radius 3 is 2.86 bits per heavy atom. The second-order valence-electron chi connectivity index (χ2n) is 9.28. The van der Waals surface area contributed by atoms with E-state index in [9.17, 15) is 20.0 Å². The number of carbonyl (C=O) groups excluding carboxylic acids is 1. The summed E-state index contributed by atoms with van der Waals surface area (Å²) in [5, 5.41) is 15.2. The van der Waals surface area contributed by atoms with Crippen molar-refractivity contribution in [2.45, 2.75) is 51.4 Å². The van der Waals surface area contributed by atoms with Crippen molar-refractivity contribution in [3.8, 4) is 5.88 Å². The van der Waals surface area contributed by atoms with Gasteiger partial charge in [-0.1, -0.05) is 5.11 Å². The molecule has 0 radical (unpaired) electrons. The summed E-state index contributed by atoms with van der Waals surface area (Å²) in [6.45, 7) is 1.87. The van der Waals surface area contributed by atoms with Gasteiger partial charge in [-0.25, -0.2) is 9.55 Å². The average molecular weight is 544 g/mol. The molecule has 18 heteroatoms. The summed E-state index contributed by atoms with van der Waals surface area (Å²) in [5.74, 6) is -0.863. The van der Waals surface area contributed by atoms with Crippen LogP contribution in [0.5, 0.6) is 5.88 Å². The Morgan fingerprint density at radius 2 is 2.22 bits per heavy atom. The number of nitrogen functional groups attached to an aromatic ring is 1. The average Bonchev–Trinajstić information content (AvgIpc) is 3.29. The minimum atomic E-state index is -3.98. The maximum atomic E-state index is 13.3. The van der Waals surface area contributed by atoms with E-state index < -0.39 is 48.4 Å². The SMILES string of the molecule is COc1nc(N)nc2c1ncn2[C@@H]1O[C@]2(N=[N+]=[N-])COP(=O)(SCOC(=O)C(C)(C)C)O[C@H]2[C@@]1(C)O. The molecule has 0 bridgehead atoms. The molecule has 36 heavy (non-hydrogen) atoms. The van der Waals surface area contributed by atoms with E-state index in [4.69, 9.17) is 29.0 Å². The third-order valence-corrected chi connectivity index (χ3v) is 8.79. The summed E-state index contributed by atoms with van der Waals surface area (Å²) < 4.78 is 42.1. The van der Waals surface area contributed by atoms with Gasteiger partial charge in [-0.15, -0.1) is 0 Å². The van der Waals surface area contributed by atoms with Gasteiger partial charge in [0, 0.05) is 16.3 Å². The molecule has 0 spiro atoms. The molecule has 0 aromatic carbocycles. The summed E-state index contributed by atoms with van der Waals surface area (Å²) >= 11 is 0.613. The van der Waals surface area contributed by atoms with Crippen LogP contribution in [0.15, 0.2) is 11.4 Å². The second kappa shape index (κ2) is 9.03. The van der Waals surface area contributed by atoms with Gasteiger partial charge in [-0.2, -0.15) is 9.97 Å². The molecule has 0 aliphatic carbocycles. The van der Waals surface area contributed by atoms with Crippen LogP contribution in [0.2, 0.25) is 0 Å². The summed E-state index contributed by atoms with van der Waals surface area (Å²) in [6.07, 6.45) is -1.44. The van der Waals surface area contributed by atoms with Gasteiger partial charge in [0.05, 0.1) is 25.5 Å². The summed E-state index contributed by atoms with van der Waals surface area (Å²) in [4.78, 5) is 27.2. The maximum Gasteiger partial charge on any atom is 0.392 e. The predicted octanol–water partition coefficient (Wildman–Crippen LogP) is 2.51. The van der Waals surface area contributed by atoms with Crippen molar-refractivity contribution in [2.75, 3.05) is 25.4 Å². The summed E-state index contributed by atoms with van der Waals surface area (Å²) in [6, 6.07) is 0. The highest BCUT2D eigenvalue weighted by molar-refractivity contribution is 8.55. The van der Waals surface area contributed by atoms with Crippen LogP contribution in [0.25, 0.3) is 21.6 Å². The Labute approximate surface area is 208 Å². The number of azide groups is 1. The van der Waals surface area contributed by atoms with E-state index in [2.05, 4.69) is 25.0 Å². The van der Waals surface area contributed by atoms with Crippen LogP contribution in [0.4, 0.5) is 5.95 Å². The van der Waals surface area contributed by atoms with Crippen LogP contribution in [0.3, 0.4) is 0 Å². The molecule has 1 unspecified atom stereocenters. The van der Waals surface area contributed by atoms with Crippen LogP contribution >= 0.6 is 18.2 Å². The standard InChI is InChI=1S/C18H25N8O8PS/c1-16(2,3)14(27)31-8-36-35(29)32-6-18(24-25-20)12(34-35)17(4,28)13(33-18)26-7-21-9-10(26)22-15(19)23-11(9)30-5/h7,12-13,28H,6,8H2,1-5H3,(H2,19,22,23)/t12-,13+,17+,18+,35?/m0/s1. The van der Waals surface area contributed by atoms with Gasteiger partial charge in [0.1, 0.15) is 17.6 Å². The van der Waals surface area contributed by atoms with E-state index in [-0.39, 0.29) is 28.9 Å². The molecular weight excluding hydrogens is 519 g/mol. The maximum absolute atomic E-state index is 13.3. The fraction of sp³-hybridized carbons (Fsp3) is 0.667. The zero-order chi connectivity index (χ0) is 26.5. The molecule has 2 fully saturated rings. The van der Waals surface area contributed by atoms with Crippen LogP contribution in [-0.4, -0.2) is 67.7 Å². The summed E-state index contributed by atoms with van der Waals surface area (Å²) in [5.41, 5.74) is 10.8. The number of aromatic nitrogens is 4. The second-order valence-corrected chi connectivity index (χ2v) is 13.3. The molecule has 2 aromatic rings. The van der Waals surface area contributed by atoms with Gasteiger partial charge in [-0.3, -0.25) is 18.4 Å². The number of aliphatic hydroxyl groups is 1. The number of nitrogens with two attached hydrogens (primary N) is 1. The Hall–Kier alpha value is -2.65. The molecule has 0 saturated carbocycles. The fourth-order valence-electron chi connectivity index (χ4n) is 3.76. The van der Waals surface area contributed by atoms with Crippen molar-refractivity contribution < 1.29 is 37.7 Å². The number of rotatable bonds is 6. The predicted molar refractivity (Wildman–Crippen MR) is 125 cm³/mol. The lowest BCUT2D eigenvalue weighted by Crippen LogP contribution is -2.53. The number of fused-ring (bicyclic) bond motifs is 2. The van der Waals surface area contributed by atoms with Gasteiger partial charge in [0.25, 0.3) is 0 Å². The highest BCUT2D eigenvalue weighted by Crippen LogP contribution is 2.68. The van der Waals surface area contributed by atoms with E-state index >= 15 is 0 Å². The third-order valence-electron chi connectivity index (χ3n) is 5.50. The lowest BCUT2D eigenvalue weighted by molar-refractivity contribution is -0.150. The van der Waals surface area contributed by atoms with Crippen molar-refractivity contribution in [3.05, 3.63) is 16.8 Å². The number of hydrogen-bond acceptors (Lipinski definition) is 14. The van der Waals surface area contributed by atoms with Crippen LogP contribution in [-0.2, 0) is 27.9 Å². The van der Waals surface area contributed by atoms with Crippen LogP contribution < -0.4 is 10.5 Å². The number of carbonyl (C=O) groups is 1. The third kappa shape index (κ3) is 4.47. The van der Waals surface area contributed by atoms with E-state index in [1.165, 1.54) is 24.9 Å². The molecule has 0 amide bonds. The molecule has 2 aromatic heterocycles. The van der Waals surface area contributed by atoms with Gasteiger partial charge >= 0.3 is 12.8 Å². The Kier molecular flexibility index (Phi) is 6.62. The molecule has 16 nitrogen and oxygen atoms in total. The fourth-order valence-corrected chi connectivity index (χ4v) is 6.59. The first-order valence-corrected chi connectivity index (χ1v) is 13.6. The highest BCUT2D eigenvalue weighted by atomic mass is 32.7. The van der Waals surface area contributed by atoms with Gasteiger partial charge in [0.15, 0.2) is 17.4 Å². The first-order chi connectivity index (χ1) is 16.8.